The molecule has 0 unspecified atom stereocenters. The fraction of sp³-hybridized carbons (Fsp3) is 0.889. The molecule has 1 fully saturated rings. The maximum Gasteiger partial charge on any atom is 0.261 e. The lowest BCUT2D eigenvalue weighted by Crippen LogP contribution is -2.28. The molecule has 1 aliphatic carbocycles. The van der Waals surface area contributed by atoms with E-state index in [2.05, 4.69) is 5.32 Å². The first-order valence-corrected chi connectivity index (χ1v) is 6.83. The minimum Gasteiger partial charge on any atom is -0.359 e. The summed E-state index contributed by atoms with van der Waals surface area (Å²) >= 11 is 0. The van der Waals surface area contributed by atoms with Gasteiger partial charge in [-0.1, -0.05) is 19.3 Å². The van der Waals surface area contributed by atoms with Crippen molar-refractivity contribution < 1.29 is 17.8 Å². The second kappa shape index (κ2) is 6.79. The summed E-state index contributed by atoms with van der Waals surface area (Å²) < 4.78 is 25.9. The van der Waals surface area contributed by atoms with Crippen molar-refractivity contribution in [3.63, 3.8) is 0 Å². The van der Waals surface area contributed by atoms with Crippen LogP contribution in [0.5, 0.6) is 0 Å². The van der Waals surface area contributed by atoms with Crippen LogP contribution in [0.3, 0.4) is 0 Å². The second-order valence-corrected chi connectivity index (χ2v) is 5.15. The normalized spacial score (nSPS) is 17.5. The first-order chi connectivity index (χ1) is 6.84. The van der Waals surface area contributed by atoms with E-state index in [0.717, 1.165) is 12.8 Å². The zero-order valence-electron chi connectivity index (χ0n) is 9.19. The third-order valence-electron chi connectivity index (χ3n) is 2.22. The molecule has 1 aliphatic rings. The monoisotopic (exact) mass is 237 g/mol. The van der Waals surface area contributed by atoms with Gasteiger partial charge in [0.25, 0.3) is 10.1 Å². The highest BCUT2D eigenvalue weighted by atomic mass is 32.2. The van der Waals surface area contributed by atoms with Crippen molar-refractivity contribution in [2.45, 2.75) is 32.1 Å². The third kappa shape index (κ3) is 9.68. The Hall–Kier alpha value is -0.620. The molecule has 2 N–H and O–H groups in total. The summed E-state index contributed by atoms with van der Waals surface area (Å²) in [7, 11) is -1.95. The number of carbonyl (C=O) groups excluding carboxylic acids is 1. The van der Waals surface area contributed by atoms with Crippen LogP contribution < -0.4 is 5.32 Å². The molecular weight excluding hydrogens is 218 g/mol. The number of amides is 1. The highest BCUT2D eigenvalue weighted by molar-refractivity contribution is 7.85. The van der Waals surface area contributed by atoms with Crippen LogP contribution in [0.25, 0.3) is 0 Å². The van der Waals surface area contributed by atoms with Crippen LogP contribution in [0.2, 0.25) is 0 Å². The Morgan fingerprint density at radius 2 is 1.67 bits per heavy atom. The third-order valence-corrected chi connectivity index (χ3v) is 2.22. The molecular formula is C9H19NO4S. The first kappa shape index (κ1) is 14.4. The molecule has 6 heteroatoms. The van der Waals surface area contributed by atoms with E-state index in [1.807, 2.05) is 0 Å². The molecule has 0 aliphatic heterocycles. The zero-order chi connectivity index (χ0) is 11.9. The van der Waals surface area contributed by atoms with Crippen LogP contribution in [0.4, 0.5) is 0 Å². The molecule has 0 spiro atoms. The van der Waals surface area contributed by atoms with Gasteiger partial charge in [-0.15, -0.1) is 0 Å². The minimum atomic E-state index is -3.67. The molecule has 5 nitrogen and oxygen atoms in total. The number of hydrogen-bond acceptors (Lipinski definition) is 3. The van der Waals surface area contributed by atoms with Crippen LogP contribution >= 0.6 is 0 Å². The number of carbonyl (C=O) groups is 1. The summed E-state index contributed by atoms with van der Waals surface area (Å²) in [6, 6.07) is 0. The second-order valence-electron chi connectivity index (χ2n) is 3.68. The molecule has 0 bridgehead atoms. The van der Waals surface area contributed by atoms with Gasteiger partial charge >= 0.3 is 0 Å². The summed E-state index contributed by atoms with van der Waals surface area (Å²) in [6.07, 6.45) is 6.69. The van der Waals surface area contributed by atoms with E-state index in [0.29, 0.717) is 12.2 Å². The van der Waals surface area contributed by atoms with E-state index in [9.17, 15) is 13.2 Å². The summed E-state index contributed by atoms with van der Waals surface area (Å²) in [5.74, 6) is 0.554. The molecule has 1 saturated carbocycles. The Balaban J connectivity index is 0.000000336. The largest absolute Gasteiger partial charge is 0.359 e. The van der Waals surface area contributed by atoms with E-state index in [4.69, 9.17) is 4.55 Å². The Morgan fingerprint density at radius 1 is 1.27 bits per heavy atom. The van der Waals surface area contributed by atoms with Gasteiger partial charge in [-0.05, 0) is 12.8 Å². The lowest BCUT2D eigenvalue weighted by molar-refractivity contribution is -0.125. The molecule has 0 saturated heterocycles. The van der Waals surface area contributed by atoms with E-state index in [-0.39, 0.29) is 5.91 Å². The van der Waals surface area contributed by atoms with Crippen LogP contribution in [0.1, 0.15) is 32.1 Å². The van der Waals surface area contributed by atoms with Gasteiger partial charge in [0.2, 0.25) is 5.91 Å². The van der Waals surface area contributed by atoms with Gasteiger partial charge in [-0.3, -0.25) is 9.35 Å². The molecule has 1 rings (SSSR count). The molecule has 0 heterocycles. The van der Waals surface area contributed by atoms with Crippen LogP contribution in [0, 0.1) is 5.92 Å². The van der Waals surface area contributed by atoms with Crippen molar-refractivity contribution >= 4 is 16.0 Å². The Kier molecular flexibility index (Phi) is 6.51. The lowest BCUT2D eigenvalue weighted by atomic mass is 9.89. The smallest absolute Gasteiger partial charge is 0.261 e. The minimum absolute atomic E-state index is 0.236. The highest BCUT2D eigenvalue weighted by Gasteiger charge is 2.19. The van der Waals surface area contributed by atoms with Crippen LogP contribution in [-0.2, 0) is 14.9 Å². The Bertz CT molecular complexity index is 272. The number of hydrogen-bond donors (Lipinski definition) is 2. The fourth-order valence-electron chi connectivity index (χ4n) is 1.57. The predicted molar refractivity (Wildman–Crippen MR) is 58.1 cm³/mol. The van der Waals surface area contributed by atoms with E-state index >= 15 is 0 Å². The Labute approximate surface area is 91.0 Å². The standard InChI is InChI=1S/C8H15NO.CH4O3S/c1-9-8(10)7-5-3-2-4-6-7;1-5(2,3)4/h7H,2-6H2,1H3,(H,9,10);1H3,(H,2,3,4). The van der Waals surface area contributed by atoms with Gasteiger partial charge in [0, 0.05) is 13.0 Å². The quantitative estimate of drug-likeness (QED) is 0.661. The maximum absolute atomic E-state index is 11.1. The molecule has 1 amide bonds. The molecule has 0 radical (unpaired) electrons. The van der Waals surface area contributed by atoms with Crippen molar-refractivity contribution in [1.29, 1.82) is 0 Å². The molecule has 0 aromatic heterocycles. The van der Waals surface area contributed by atoms with Crippen LogP contribution in [-0.4, -0.2) is 32.2 Å². The Morgan fingerprint density at radius 3 is 2.00 bits per heavy atom. The average molecular weight is 237 g/mol. The van der Waals surface area contributed by atoms with Gasteiger partial charge in [0.05, 0.1) is 6.26 Å². The average Bonchev–Trinajstić information content (AvgIpc) is 2.15. The number of nitrogens with one attached hydrogen (secondary N) is 1. The topological polar surface area (TPSA) is 83.5 Å². The maximum atomic E-state index is 11.1. The fourth-order valence-corrected chi connectivity index (χ4v) is 1.57. The van der Waals surface area contributed by atoms with Crippen molar-refractivity contribution in [3.05, 3.63) is 0 Å². The van der Waals surface area contributed by atoms with E-state index < -0.39 is 10.1 Å². The van der Waals surface area contributed by atoms with Crippen molar-refractivity contribution in [2.75, 3.05) is 13.3 Å². The van der Waals surface area contributed by atoms with E-state index in [1.54, 1.807) is 7.05 Å². The summed E-state index contributed by atoms with van der Waals surface area (Å²) in [5, 5.41) is 2.70. The van der Waals surface area contributed by atoms with E-state index in [1.165, 1.54) is 19.3 Å². The molecule has 0 atom stereocenters. The van der Waals surface area contributed by atoms with Gasteiger partial charge in [-0.2, -0.15) is 8.42 Å². The van der Waals surface area contributed by atoms with Gasteiger partial charge in [0.15, 0.2) is 0 Å². The zero-order valence-corrected chi connectivity index (χ0v) is 10.0. The van der Waals surface area contributed by atoms with Gasteiger partial charge in [-0.25, -0.2) is 0 Å². The predicted octanol–water partition coefficient (Wildman–Crippen LogP) is 0.817. The number of rotatable bonds is 1. The molecule has 0 aromatic carbocycles. The van der Waals surface area contributed by atoms with Gasteiger partial charge in [0.1, 0.15) is 0 Å². The highest BCUT2D eigenvalue weighted by Crippen LogP contribution is 2.23. The van der Waals surface area contributed by atoms with Crippen molar-refractivity contribution in [2.24, 2.45) is 5.92 Å². The molecule has 90 valence electrons. The van der Waals surface area contributed by atoms with Crippen LogP contribution in [0.15, 0.2) is 0 Å². The molecule has 15 heavy (non-hydrogen) atoms. The lowest BCUT2D eigenvalue weighted by Gasteiger charge is -2.19. The molecule has 0 aromatic rings. The van der Waals surface area contributed by atoms with Crippen molar-refractivity contribution in [1.82, 2.24) is 5.32 Å². The van der Waals surface area contributed by atoms with Crippen molar-refractivity contribution in [3.8, 4) is 0 Å². The SMILES string of the molecule is CNC(=O)C1CCCCC1.CS(=O)(=O)O. The summed E-state index contributed by atoms with van der Waals surface area (Å²) in [5.41, 5.74) is 0. The van der Waals surface area contributed by atoms with Gasteiger partial charge < -0.3 is 5.32 Å². The summed E-state index contributed by atoms with van der Waals surface area (Å²) in [4.78, 5) is 11.1. The summed E-state index contributed by atoms with van der Waals surface area (Å²) in [6.45, 7) is 0. The first-order valence-electron chi connectivity index (χ1n) is 4.98.